The largest absolute Gasteiger partial charge is 0.480 e. The van der Waals surface area contributed by atoms with Crippen molar-refractivity contribution in [1.82, 2.24) is 10.2 Å². The number of hydrogen-bond donors (Lipinski definition) is 2. The number of nitrogens with zero attached hydrogens (tertiary/aromatic N) is 1. The maximum Gasteiger partial charge on any atom is 0.329 e. The lowest BCUT2D eigenvalue weighted by Gasteiger charge is -2.34. The van der Waals surface area contributed by atoms with Crippen molar-refractivity contribution in [3.8, 4) is 0 Å². The molecule has 1 aliphatic heterocycles. The van der Waals surface area contributed by atoms with Gasteiger partial charge >= 0.3 is 12.0 Å². The van der Waals surface area contributed by atoms with Crippen LogP contribution < -0.4 is 5.32 Å². The van der Waals surface area contributed by atoms with E-state index in [0.29, 0.717) is 18.8 Å². The van der Waals surface area contributed by atoms with Crippen molar-refractivity contribution >= 4 is 12.0 Å². The number of urea groups is 1. The zero-order valence-corrected chi connectivity index (χ0v) is 10.9. The Morgan fingerprint density at radius 1 is 1.28 bits per heavy atom. The predicted molar refractivity (Wildman–Crippen MR) is 67.3 cm³/mol. The van der Waals surface area contributed by atoms with Crippen LogP contribution in [0.15, 0.2) is 0 Å². The fraction of sp³-hybridized carbons (Fsp3) is 0.846. The lowest BCUT2D eigenvalue weighted by molar-refractivity contribution is -0.144. The van der Waals surface area contributed by atoms with E-state index in [4.69, 9.17) is 0 Å². The van der Waals surface area contributed by atoms with Crippen molar-refractivity contribution in [1.29, 1.82) is 0 Å². The van der Waals surface area contributed by atoms with Crippen molar-refractivity contribution in [3.05, 3.63) is 0 Å². The van der Waals surface area contributed by atoms with Crippen molar-refractivity contribution in [2.24, 2.45) is 5.92 Å². The van der Waals surface area contributed by atoms with Crippen LogP contribution in [0.5, 0.6) is 0 Å². The second-order valence-corrected chi connectivity index (χ2v) is 5.72. The van der Waals surface area contributed by atoms with Gasteiger partial charge < -0.3 is 15.3 Å². The van der Waals surface area contributed by atoms with Crippen LogP contribution in [0.1, 0.15) is 45.4 Å². The molecule has 0 spiro atoms. The van der Waals surface area contributed by atoms with Crippen LogP contribution in [-0.4, -0.2) is 40.6 Å². The lowest BCUT2D eigenvalue weighted by atomic mass is 9.97. The van der Waals surface area contributed by atoms with E-state index in [0.717, 1.165) is 38.8 Å². The highest BCUT2D eigenvalue weighted by Gasteiger charge is 2.43. The van der Waals surface area contributed by atoms with E-state index in [1.165, 1.54) is 0 Å². The summed E-state index contributed by atoms with van der Waals surface area (Å²) in [5, 5.41) is 12.1. The van der Waals surface area contributed by atoms with E-state index in [2.05, 4.69) is 12.2 Å². The third-order valence-corrected chi connectivity index (χ3v) is 4.16. The van der Waals surface area contributed by atoms with Gasteiger partial charge in [-0.3, -0.25) is 0 Å². The predicted octanol–water partition coefficient (Wildman–Crippen LogP) is 1.83. The number of carboxylic acid groups (broad SMARTS) is 1. The van der Waals surface area contributed by atoms with Crippen molar-refractivity contribution in [3.63, 3.8) is 0 Å². The minimum absolute atomic E-state index is 0.203. The third kappa shape index (κ3) is 2.60. The molecule has 2 aliphatic rings. The van der Waals surface area contributed by atoms with Gasteiger partial charge in [-0.2, -0.15) is 0 Å². The maximum absolute atomic E-state index is 12.2. The molecule has 0 aromatic heterocycles. The quantitative estimate of drug-likeness (QED) is 0.789. The molecule has 5 nitrogen and oxygen atoms in total. The Morgan fingerprint density at radius 2 is 1.94 bits per heavy atom. The highest BCUT2D eigenvalue weighted by Crippen LogP contribution is 2.30. The highest BCUT2D eigenvalue weighted by atomic mass is 16.4. The van der Waals surface area contributed by atoms with E-state index in [-0.39, 0.29) is 6.03 Å². The third-order valence-electron chi connectivity index (χ3n) is 4.16. The summed E-state index contributed by atoms with van der Waals surface area (Å²) in [6.45, 7) is 3.61. The van der Waals surface area contributed by atoms with Gasteiger partial charge in [0.2, 0.25) is 0 Å². The molecule has 1 aliphatic carbocycles. The van der Waals surface area contributed by atoms with E-state index >= 15 is 0 Å². The molecule has 102 valence electrons. The first kappa shape index (κ1) is 13.2. The zero-order valence-electron chi connectivity index (χ0n) is 10.9. The van der Waals surface area contributed by atoms with Crippen LogP contribution in [0.4, 0.5) is 4.79 Å². The second kappa shape index (κ2) is 5.16. The average molecular weight is 254 g/mol. The summed E-state index contributed by atoms with van der Waals surface area (Å²) in [5.74, 6) is -0.382. The van der Waals surface area contributed by atoms with Crippen LogP contribution in [0.2, 0.25) is 0 Å². The Labute approximate surface area is 108 Å². The fourth-order valence-corrected chi connectivity index (χ4v) is 3.03. The van der Waals surface area contributed by atoms with Gasteiger partial charge in [0.25, 0.3) is 0 Å². The number of rotatable bonds is 2. The number of amides is 2. The monoisotopic (exact) mass is 254 g/mol. The SMILES string of the molecule is CC1CCCN(C(=O)NC2(C(=O)O)CCCC2)C1. The molecule has 1 saturated heterocycles. The van der Waals surface area contributed by atoms with Gasteiger partial charge in [-0.25, -0.2) is 9.59 Å². The van der Waals surface area contributed by atoms with Gasteiger partial charge in [-0.15, -0.1) is 0 Å². The zero-order chi connectivity index (χ0) is 13.2. The van der Waals surface area contributed by atoms with E-state index < -0.39 is 11.5 Å². The fourth-order valence-electron chi connectivity index (χ4n) is 3.03. The maximum atomic E-state index is 12.2. The number of carboxylic acids is 1. The molecular formula is C13H22N2O3. The first-order valence-corrected chi connectivity index (χ1v) is 6.84. The van der Waals surface area contributed by atoms with E-state index in [1.54, 1.807) is 4.90 Å². The number of aliphatic carboxylic acids is 1. The topological polar surface area (TPSA) is 69.6 Å². The summed E-state index contributed by atoms with van der Waals surface area (Å²) in [7, 11) is 0. The number of carbonyl (C=O) groups is 2. The number of hydrogen-bond acceptors (Lipinski definition) is 2. The van der Waals surface area contributed by atoms with Crippen molar-refractivity contribution in [2.45, 2.75) is 51.0 Å². The molecule has 2 fully saturated rings. The number of piperidine rings is 1. The first-order valence-electron chi connectivity index (χ1n) is 6.84. The summed E-state index contributed by atoms with van der Waals surface area (Å²) in [6, 6.07) is -0.203. The standard InChI is InChI=1S/C13H22N2O3/c1-10-5-4-8-15(9-10)12(18)14-13(11(16)17)6-2-3-7-13/h10H,2-9H2,1H3,(H,14,18)(H,16,17). The minimum Gasteiger partial charge on any atom is -0.480 e. The molecule has 18 heavy (non-hydrogen) atoms. The molecule has 0 radical (unpaired) electrons. The Bertz CT molecular complexity index is 337. The van der Waals surface area contributed by atoms with Crippen LogP contribution in [0.3, 0.4) is 0 Å². The van der Waals surface area contributed by atoms with Crippen LogP contribution in [0, 0.1) is 5.92 Å². The van der Waals surface area contributed by atoms with Crippen LogP contribution in [-0.2, 0) is 4.79 Å². The van der Waals surface area contributed by atoms with Gasteiger partial charge in [0.15, 0.2) is 0 Å². The highest BCUT2D eigenvalue weighted by molar-refractivity contribution is 5.86. The van der Waals surface area contributed by atoms with Gasteiger partial charge in [0.1, 0.15) is 5.54 Å². The molecule has 0 bridgehead atoms. The minimum atomic E-state index is -1.02. The van der Waals surface area contributed by atoms with Gasteiger partial charge in [-0.05, 0) is 31.6 Å². The molecule has 1 saturated carbocycles. The Balaban J connectivity index is 1.99. The van der Waals surface area contributed by atoms with Crippen LogP contribution >= 0.6 is 0 Å². The molecule has 1 atom stereocenters. The molecule has 0 aromatic carbocycles. The Kier molecular flexibility index (Phi) is 3.78. The van der Waals surface area contributed by atoms with Gasteiger partial charge in [0.05, 0.1) is 0 Å². The molecular weight excluding hydrogens is 232 g/mol. The lowest BCUT2D eigenvalue weighted by Crippen LogP contribution is -2.57. The summed E-state index contributed by atoms with van der Waals surface area (Å²) in [6.07, 6.45) is 5.02. The Morgan fingerprint density at radius 3 is 2.50 bits per heavy atom. The van der Waals surface area contributed by atoms with Crippen LogP contribution in [0.25, 0.3) is 0 Å². The first-order chi connectivity index (χ1) is 8.53. The molecule has 2 rings (SSSR count). The molecule has 1 heterocycles. The summed E-state index contributed by atoms with van der Waals surface area (Å²) in [4.78, 5) is 25.3. The van der Waals surface area contributed by atoms with Gasteiger partial charge in [-0.1, -0.05) is 19.8 Å². The molecule has 5 heteroatoms. The number of carbonyl (C=O) groups excluding carboxylic acids is 1. The second-order valence-electron chi connectivity index (χ2n) is 5.72. The summed E-state index contributed by atoms with van der Waals surface area (Å²) >= 11 is 0. The van der Waals surface area contributed by atoms with Crippen molar-refractivity contribution in [2.75, 3.05) is 13.1 Å². The average Bonchev–Trinajstić information content (AvgIpc) is 2.79. The summed E-state index contributed by atoms with van der Waals surface area (Å²) < 4.78 is 0. The van der Waals surface area contributed by atoms with Crippen molar-refractivity contribution < 1.29 is 14.7 Å². The Hall–Kier alpha value is -1.26. The normalized spacial score (nSPS) is 26.9. The number of nitrogens with one attached hydrogen (secondary N) is 1. The summed E-state index contributed by atoms with van der Waals surface area (Å²) in [5.41, 5.74) is -1.02. The molecule has 2 amide bonds. The molecule has 0 aromatic rings. The molecule has 1 unspecified atom stereocenters. The van der Waals surface area contributed by atoms with E-state index in [9.17, 15) is 14.7 Å². The molecule has 2 N–H and O–H groups in total. The van der Waals surface area contributed by atoms with E-state index in [1.807, 2.05) is 0 Å². The number of likely N-dealkylation sites (tertiary alicyclic amines) is 1. The smallest absolute Gasteiger partial charge is 0.329 e. The van der Waals surface area contributed by atoms with Gasteiger partial charge in [0, 0.05) is 13.1 Å².